The molecule has 0 heterocycles. The van der Waals surface area contributed by atoms with Gasteiger partial charge in [0.2, 0.25) is 0 Å². The first-order valence-corrected chi connectivity index (χ1v) is 7.08. The van der Waals surface area contributed by atoms with Crippen molar-refractivity contribution in [2.45, 2.75) is 6.42 Å². The third-order valence-electron chi connectivity index (χ3n) is 2.69. The molecule has 0 amide bonds. The number of carboxylic acid groups (broad SMARTS) is 1. The van der Waals surface area contributed by atoms with Gasteiger partial charge in [0.25, 0.3) is 5.69 Å². The predicted octanol–water partition coefficient (Wildman–Crippen LogP) is 2.48. The van der Waals surface area contributed by atoms with Gasteiger partial charge >= 0.3 is 5.97 Å². The number of aromatic carboxylic acids is 1. The van der Waals surface area contributed by atoms with Crippen LogP contribution in [0.5, 0.6) is 0 Å². The average molecular weight is 284 g/mol. The number of carboxylic acids is 1. The van der Waals surface area contributed by atoms with Crippen molar-refractivity contribution in [3.8, 4) is 0 Å². The Morgan fingerprint density at radius 3 is 2.74 bits per heavy atom. The highest BCUT2D eigenvalue weighted by molar-refractivity contribution is 7.98. The number of anilines is 1. The van der Waals surface area contributed by atoms with Crippen molar-refractivity contribution in [2.24, 2.45) is 0 Å². The van der Waals surface area contributed by atoms with Crippen LogP contribution in [0, 0.1) is 10.1 Å². The van der Waals surface area contributed by atoms with Gasteiger partial charge in [-0.3, -0.25) is 10.1 Å². The first-order chi connectivity index (χ1) is 8.97. The van der Waals surface area contributed by atoms with Crippen molar-refractivity contribution in [2.75, 3.05) is 30.5 Å². The van der Waals surface area contributed by atoms with E-state index in [1.807, 2.05) is 18.2 Å². The number of benzene rings is 1. The molecule has 7 heteroatoms. The van der Waals surface area contributed by atoms with E-state index in [0.29, 0.717) is 5.69 Å². The zero-order valence-corrected chi connectivity index (χ0v) is 11.6. The van der Waals surface area contributed by atoms with Gasteiger partial charge in [-0.1, -0.05) is 0 Å². The van der Waals surface area contributed by atoms with Gasteiger partial charge < -0.3 is 10.0 Å². The number of rotatable bonds is 7. The molecule has 1 aromatic carbocycles. The summed E-state index contributed by atoms with van der Waals surface area (Å²) < 4.78 is 0. The largest absolute Gasteiger partial charge is 0.477 e. The number of nitro groups is 1. The quantitative estimate of drug-likeness (QED) is 0.470. The number of thioether (sulfide) groups is 1. The maximum atomic E-state index is 10.9. The molecule has 104 valence electrons. The van der Waals surface area contributed by atoms with E-state index in [9.17, 15) is 14.9 Å². The van der Waals surface area contributed by atoms with E-state index in [0.717, 1.165) is 18.7 Å². The monoisotopic (exact) mass is 284 g/mol. The van der Waals surface area contributed by atoms with Gasteiger partial charge in [0.05, 0.1) is 4.92 Å². The fraction of sp³-hybridized carbons (Fsp3) is 0.417. The van der Waals surface area contributed by atoms with E-state index in [1.54, 1.807) is 17.8 Å². The molecule has 0 aliphatic rings. The highest BCUT2D eigenvalue weighted by atomic mass is 32.2. The zero-order valence-electron chi connectivity index (χ0n) is 10.8. The Kier molecular flexibility index (Phi) is 5.62. The second-order valence-electron chi connectivity index (χ2n) is 4.03. The van der Waals surface area contributed by atoms with Crippen LogP contribution < -0.4 is 4.90 Å². The minimum Gasteiger partial charge on any atom is -0.477 e. The number of hydrogen-bond acceptors (Lipinski definition) is 5. The van der Waals surface area contributed by atoms with Gasteiger partial charge in [-0.2, -0.15) is 11.8 Å². The van der Waals surface area contributed by atoms with Crippen molar-refractivity contribution >= 4 is 29.1 Å². The maximum absolute atomic E-state index is 10.9. The SMILES string of the molecule is CSCCCN(C)c1ccc(C(=O)O)c([N+](=O)[O-])c1. The van der Waals surface area contributed by atoms with Crippen LogP contribution >= 0.6 is 11.8 Å². The second-order valence-corrected chi connectivity index (χ2v) is 5.02. The van der Waals surface area contributed by atoms with Gasteiger partial charge in [0.1, 0.15) is 5.56 Å². The number of carbonyl (C=O) groups is 1. The molecule has 0 aliphatic carbocycles. The molecule has 0 saturated heterocycles. The molecule has 0 atom stereocenters. The first kappa shape index (κ1) is 15.3. The lowest BCUT2D eigenvalue weighted by atomic mass is 10.1. The van der Waals surface area contributed by atoms with Crippen LogP contribution in [-0.2, 0) is 0 Å². The van der Waals surface area contributed by atoms with Crippen LogP contribution in [-0.4, -0.2) is 41.6 Å². The molecule has 6 nitrogen and oxygen atoms in total. The minimum atomic E-state index is -1.29. The van der Waals surface area contributed by atoms with E-state index >= 15 is 0 Å². The molecule has 0 spiro atoms. The van der Waals surface area contributed by atoms with E-state index in [-0.39, 0.29) is 11.3 Å². The Hall–Kier alpha value is -1.76. The molecular weight excluding hydrogens is 268 g/mol. The van der Waals surface area contributed by atoms with E-state index in [4.69, 9.17) is 5.11 Å². The lowest BCUT2D eigenvalue weighted by Crippen LogP contribution is -2.19. The summed E-state index contributed by atoms with van der Waals surface area (Å²) >= 11 is 1.74. The summed E-state index contributed by atoms with van der Waals surface area (Å²) in [4.78, 5) is 23.0. The van der Waals surface area contributed by atoms with Crippen molar-refractivity contribution in [1.82, 2.24) is 0 Å². The van der Waals surface area contributed by atoms with Crippen molar-refractivity contribution in [1.29, 1.82) is 0 Å². The minimum absolute atomic E-state index is 0.286. The zero-order chi connectivity index (χ0) is 14.4. The maximum Gasteiger partial charge on any atom is 0.342 e. The van der Waals surface area contributed by atoms with Crippen LogP contribution in [0.4, 0.5) is 11.4 Å². The molecule has 1 N–H and O–H groups in total. The summed E-state index contributed by atoms with van der Waals surface area (Å²) in [5.74, 6) is -0.275. The Morgan fingerprint density at radius 1 is 1.53 bits per heavy atom. The number of nitro benzene ring substituents is 1. The summed E-state index contributed by atoms with van der Waals surface area (Å²) in [5, 5.41) is 19.8. The Bertz CT molecular complexity index is 479. The number of hydrogen-bond donors (Lipinski definition) is 1. The standard InChI is InChI=1S/C12H16N2O4S/c1-13(6-3-7-19-2)9-4-5-10(12(15)16)11(8-9)14(17)18/h4-5,8H,3,6-7H2,1-2H3,(H,15,16). The van der Waals surface area contributed by atoms with Gasteiger partial charge in [-0.15, -0.1) is 0 Å². The van der Waals surface area contributed by atoms with Crippen LogP contribution in [0.1, 0.15) is 16.8 Å². The summed E-state index contributed by atoms with van der Waals surface area (Å²) in [6.45, 7) is 0.768. The molecule has 0 radical (unpaired) electrons. The summed E-state index contributed by atoms with van der Waals surface area (Å²) in [6, 6.07) is 4.18. The lowest BCUT2D eigenvalue weighted by molar-refractivity contribution is -0.385. The average Bonchev–Trinajstić information content (AvgIpc) is 2.38. The van der Waals surface area contributed by atoms with Gasteiger partial charge in [-0.25, -0.2) is 4.79 Å². The molecule has 0 aliphatic heterocycles. The van der Waals surface area contributed by atoms with Crippen molar-refractivity contribution < 1.29 is 14.8 Å². The third kappa shape index (κ3) is 4.13. The summed E-state index contributed by atoms with van der Waals surface area (Å²) in [6.07, 6.45) is 2.98. The third-order valence-corrected chi connectivity index (χ3v) is 3.39. The van der Waals surface area contributed by atoms with Crippen LogP contribution in [0.15, 0.2) is 18.2 Å². The van der Waals surface area contributed by atoms with E-state index < -0.39 is 10.9 Å². The normalized spacial score (nSPS) is 10.2. The Balaban J connectivity index is 2.95. The van der Waals surface area contributed by atoms with E-state index in [2.05, 4.69) is 0 Å². The molecule has 0 fully saturated rings. The van der Waals surface area contributed by atoms with Crippen molar-refractivity contribution in [3.05, 3.63) is 33.9 Å². The molecule has 0 aromatic heterocycles. The number of nitrogens with zero attached hydrogens (tertiary/aromatic N) is 2. The molecule has 0 bridgehead atoms. The van der Waals surface area contributed by atoms with Crippen LogP contribution in [0.3, 0.4) is 0 Å². The van der Waals surface area contributed by atoms with E-state index in [1.165, 1.54) is 12.1 Å². The van der Waals surface area contributed by atoms with Gasteiger partial charge in [-0.05, 0) is 30.6 Å². The van der Waals surface area contributed by atoms with Gasteiger partial charge in [0, 0.05) is 25.3 Å². The molecular formula is C12H16N2O4S. The first-order valence-electron chi connectivity index (χ1n) is 5.69. The predicted molar refractivity (Wildman–Crippen MR) is 76.3 cm³/mol. The molecule has 19 heavy (non-hydrogen) atoms. The Labute approximate surface area is 115 Å². The van der Waals surface area contributed by atoms with Crippen LogP contribution in [0.2, 0.25) is 0 Å². The summed E-state index contributed by atoms with van der Waals surface area (Å²) in [5.41, 5.74) is -0.00853. The summed E-state index contributed by atoms with van der Waals surface area (Å²) in [7, 11) is 1.83. The fourth-order valence-corrected chi connectivity index (χ4v) is 2.08. The smallest absolute Gasteiger partial charge is 0.342 e. The topological polar surface area (TPSA) is 83.7 Å². The lowest BCUT2D eigenvalue weighted by Gasteiger charge is -2.19. The second kappa shape index (κ2) is 6.98. The molecule has 0 unspecified atom stereocenters. The fourth-order valence-electron chi connectivity index (χ4n) is 1.66. The highest BCUT2D eigenvalue weighted by Gasteiger charge is 2.20. The Morgan fingerprint density at radius 2 is 2.21 bits per heavy atom. The molecule has 0 saturated carbocycles. The van der Waals surface area contributed by atoms with Crippen LogP contribution in [0.25, 0.3) is 0 Å². The highest BCUT2D eigenvalue weighted by Crippen LogP contribution is 2.25. The molecule has 1 rings (SSSR count). The van der Waals surface area contributed by atoms with Crippen molar-refractivity contribution in [3.63, 3.8) is 0 Å². The van der Waals surface area contributed by atoms with Gasteiger partial charge in [0.15, 0.2) is 0 Å². The molecule has 1 aromatic rings.